The van der Waals surface area contributed by atoms with Gasteiger partial charge in [0.2, 0.25) is 5.96 Å². The van der Waals surface area contributed by atoms with Crippen molar-refractivity contribution in [2.75, 3.05) is 25.6 Å². The van der Waals surface area contributed by atoms with Crippen LogP contribution in [-0.4, -0.2) is 26.2 Å². The van der Waals surface area contributed by atoms with Crippen molar-refractivity contribution in [3.63, 3.8) is 0 Å². The summed E-state index contributed by atoms with van der Waals surface area (Å²) in [6.07, 6.45) is 0.777. The number of nitrogens with two attached hydrogens (primary N) is 1. The van der Waals surface area contributed by atoms with E-state index in [1.165, 1.54) is 6.07 Å². The first-order valence-electron chi connectivity index (χ1n) is 5.70. The zero-order valence-corrected chi connectivity index (χ0v) is 10.7. The SMILES string of the molecule is COCCCN=C(NN)Nc1cc(C)ccc1F. The summed E-state index contributed by atoms with van der Waals surface area (Å²) in [5.41, 5.74) is 3.70. The van der Waals surface area contributed by atoms with Gasteiger partial charge in [-0.1, -0.05) is 6.07 Å². The number of rotatable bonds is 5. The minimum absolute atomic E-state index is 0.329. The molecule has 0 heterocycles. The Morgan fingerprint density at radius 3 is 2.94 bits per heavy atom. The molecule has 1 rings (SSSR count). The van der Waals surface area contributed by atoms with E-state index in [-0.39, 0.29) is 5.82 Å². The highest BCUT2D eigenvalue weighted by Crippen LogP contribution is 2.15. The molecule has 0 aliphatic rings. The maximum Gasteiger partial charge on any atom is 0.210 e. The number of anilines is 1. The Morgan fingerprint density at radius 1 is 1.50 bits per heavy atom. The topological polar surface area (TPSA) is 71.7 Å². The third kappa shape index (κ3) is 4.68. The lowest BCUT2D eigenvalue weighted by atomic mass is 10.2. The first-order valence-corrected chi connectivity index (χ1v) is 5.70. The van der Waals surface area contributed by atoms with Gasteiger partial charge in [0.25, 0.3) is 0 Å². The van der Waals surface area contributed by atoms with Crippen LogP contribution >= 0.6 is 0 Å². The standard InChI is InChI=1S/C12H19FN4O/c1-9-4-5-10(13)11(8-9)16-12(17-14)15-6-3-7-18-2/h4-5,8H,3,6-7,14H2,1-2H3,(H2,15,16,17). The molecule has 0 aromatic heterocycles. The van der Waals surface area contributed by atoms with Gasteiger partial charge in [0, 0.05) is 20.3 Å². The summed E-state index contributed by atoms with van der Waals surface area (Å²) in [6.45, 7) is 3.06. The monoisotopic (exact) mass is 254 g/mol. The predicted octanol–water partition coefficient (Wildman–Crippen LogP) is 1.40. The normalized spacial score (nSPS) is 11.4. The molecule has 0 amide bonds. The summed E-state index contributed by atoms with van der Waals surface area (Å²) < 4.78 is 18.4. The van der Waals surface area contributed by atoms with Crippen molar-refractivity contribution in [2.45, 2.75) is 13.3 Å². The first-order chi connectivity index (χ1) is 8.67. The molecular formula is C12H19FN4O. The van der Waals surface area contributed by atoms with Crippen LogP contribution < -0.4 is 16.6 Å². The van der Waals surface area contributed by atoms with E-state index in [4.69, 9.17) is 10.6 Å². The average molecular weight is 254 g/mol. The van der Waals surface area contributed by atoms with Crippen LogP contribution in [0.25, 0.3) is 0 Å². The summed E-state index contributed by atoms with van der Waals surface area (Å²) in [5, 5.41) is 2.81. The zero-order chi connectivity index (χ0) is 13.4. The molecule has 4 N–H and O–H groups in total. The second kappa shape index (κ2) is 7.62. The zero-order valence-electron chi connectivity index (χ0n) is 10.7. The number of hydrogen-bond donors (Lipinski definition) is 3. The summed E-state index contributed by atoms with van der Waals surface area (Å²) in [5.74, 6) is 5.31. The van der Waals surface area contributed by atoms with Crippen LogP contribution in [0.5, 0.6) is 0 Å². The molecule has 18 heavy (non-hydrogen) atoms. The number of hydrazine groups is 1. The molecule has 0 radical (unpaired) electrons. The average Bonchev–Trinajstić information content (AvgIpc) is 2.37. The molecule has 0 spiro atoms. The minimum atomic E-state index is -0.347. The molecule has 100 valence electrons. The van der Waals surface area contributed by atoms with E-state index < -0.39 is 0 Å². The fourth-order valence-corrected chi connectivity index (χ4v) is 1.38. The molecule has 0 aliphatic heterocycles. The Kier molecular flexibility index (Phi) is 6.10. The molecule has 0 unspecified atom stereocenters. The Labute approximate surface area is 106 Å². The number of methoxy groups -OCH3 is 1. The summed E-state index contributed by atoms with van der Waals surface area (Å²) >= 11 is 0. The minimum Gasteiger partial charge on any atom is -0.385 e. The van der Waals surface area contributed by atoms with Crippen LogP contribution in [-0.2, 0) is 4.74 Å². The van der Waals surface area contributed by atoms with Crippen molar-refractivity contribution in [1.29, 1.82) is 0 Å². The van der Waals surface area contributed by atoms with Crippen molar-refractivity contribution in [2.24, 2.45) is 10.8 Å². The first kappa shape index (κ1) is 14.4. The number of benzene rings is 1. The number of nitrogens with zero attached hydrogens (tertiary/aromatic N) is 1. The Bertz CT molecular complexity index is 409. The van der Waals surface area contributed by atoms with Crippen LogP contribution in [0.2, 0.25) is 0 Å². The predicted molar refractivity (Wildman–Crippen MR) is 70.9 cm³/mol. The number of hydrogen-bond acceptors (Lipinski definition) is 3. The van der Waals surface area contributed by atoms with Gasteiger partial charge < -0.3 is 10.1 Å². The molecule has 0 fully saturated rings. The second-order valence-electron chi connectivity index (χ2n) is 3.83. The van der Waals surface area contributed by atoms with E-state index in [2.05, 4.69) is 15.7 Å². The molecule has 0 saturated carbocycles. The van der Waals surface area contributed by atoms with E-state index in [1.807, 2.05) is 6.92 Å². The van der Waals surface area contributed by atoms with Gasteiger partial charge in [-0.15, -0.1) is 0 Å². The Morgan fingerprint density at radius 2 is 2.28 bits per heavy atom. The summed E-state index contributed by atoms with van der Waals surface area (Å²) in [4.78, 5) is 4.17. The highest BCUT2D eigenvalue weighted by Gasteiger charge is 2.04. The molecular weight excluding hydrogens is 235 g/mol. The van der Waals surface area contributed by atoms with Gasteiger partial charge in [0.1, 0.15) is 5.82 Å². The lowest BCUT2D eigenvalue weighted by Crippen LogP contribution is -2.36. The molecule has 1 aromatic rings. The van der Waals surface area contributed by atoms with Gasteiger partial charge in [-0.2, -0.15) is 0 Å². The van der Waals surface area contributed by atoms with Gasteiger partial charge in [-0.25, -0.2) is 10.2 Å². The van der Waals surface area contributed by atoms with Crippen molar-refractivity contribution in [1.82, 2.24) is 5.43 Å². The van der Waals surface area contributed by atoms with Crippen LogP contribution in [0.15, 0.2) is 23.2 Å². The van der Waals surface area contributed by atoms with E-state index in [0.29, 0.717) is 24.8 Å². The molecule has 0 aliphatic carbocycles. The fraction of sp³-hybridized carbons (Fsp3) is 0.417. The fourth-order valence-electron chi connectivity index (χ4n) is 1.38. The smallest absolute Gasteiger partial charge is 0.210 e. The van der Waals surface area contributed by atoms with Gasteiger partial charge in [0.05, 0.1) is 5.69 Å². The van der Waals surface area contributed by atoms with Crippen molar-refractivity contribution in [3.05, 3.63) is 29.6 Å². The molecule has 0 bridgehead atoms. The van der Waals surface area contributed by atoms with Crippen molar-refractivity contribution < 1.29 is 9.13 Å². The van der Waals surface area contributed by atoms with Crippen LogP contribution in [0.1, 0.15) is 12.0 Å². The number of aryl methyl sites for hydroxylation is 1. The van der Waals surface area contributed by atoms with Crippen molar-refractivity contribution in [3.8, 4) is 0 Å². The number of nitrogens with one attached hydrogen (secondary N) is 2. The number of aliphatic imine (C=N–C) groups is 1. The van der Waals surface area contributed by atoms with Crippen LogP contribution in [0, 0.1) is 12.7 Å². The highest BCUT2D eigenvalue weighted by molar-refractivity contribution is 5.93. The highest BCUT2D eigenvalue weighted by atomic mass is 19.1. The molecule has 1 aromatic carbocycles. The van der Waals surface area contributed by atoms with E-state index in [9.17, 15) is 4.39 Å². The lowest BCUT2D eigenvalue weighted by molar-refractivity contribution is 0.197. The summed E-state index contributed by atoms with van der Waals surface area (Å²) in [6, 6.07) is 4.79. The van der Waals surface area contributed by atoms with Crippen LogP contribution in [0.3, 0.4) is 0 Å². The second-order valence-corrected chi connectivity index (χ2v) is 3.83. The van der Waals surface area contributed by atoms with Gasteiger partial charge in [-0.05, 0) is 31.0 Å². The van der Waals surface area contributed by atoms with E-state index in [0.717, 1.165) is 12.0 Å². The maximum atomic E-state index is 13.5. The lowest BCUT2D eigenvalue weighted by Gasteiger charge is -2.10. The van der Waals surface area contributed by atoms with Gasteiger partial charge in [0.15, 0.2) is 0 Å². The number of ether oxygens (including phenoxy) is 1. The molecule has 0 atom stereocenters. The van der Waals surface area contributed by atoms with Crippen molar-refractivity contribution >= 4 is 11.6 Å². The van der Waals surface area contributed by atoms with Gasteiger partial charge in [-0.3, -0.25) is 10.4 Å². The van der Waals surface area contributed by atoms with Gasteiger partial charge >= 0.3 is 0 Å². The third-order valence-corrected chi connectivity index (χ3v) is 2.29. The third-order valence-electron chi connectivity index (χ3n) is 2.29. The quantitative estimate of drug-likeness (QED) is 0.244. The molecule has 5 nitrogen and oxygen atoms in total. The van der Waals surface area contributed by atoms with E-state index in [1.54, 1.807) is 19.2 Å². The molecule has 6 heteroatoms. The Balaban J connectivity index is 2.64. The maximum absolute atomic E-state index is 13.5. The number of guanidine groups is 1. The van der Waals surface area contributed by atoms with Crippen LogP contribution in [0.4, 0.5) is 10.1 Å². The van der Waals surface area contributed by atoms with E-state index >= 15 is 0 Å². The largest absolute Gasteiger partial charge is 0.385 e. The molecule has 0 saturated heterocycles. The number of halogens is 1. The Hall–Kier alpha value is -1.66. The summed E-state index contributed by atoms with van der Waals surface area (Å²) in [7, 11) is 1.63.